The van der Waals surface area contributed by atoms with E-state index in [0.29, 0.717) is 5.69 Å². The normalized spacial score (nSPS) is 17.4. The standard InChI is InChI=1S/C10H13NOS2/c12-5-8-6-14-10(11-8)7-13-9-3-1-2-4-9/h5-6,9H,1-4,7H2. The lowest BCUT2D eigenvalue weighted by Crippen LogP contribution is -1.94. The highest BCUT2D eigenvalue weighted by Gasteiger charge is 2.15. The number of thioether (sulfide) groups is 1. The fourth-order valence-corrected chi connectivity index (χ4v) is 3.80. The molecule has 0 unspecified atom stereocenters. The molecular weight excluding hydrogens is 214 g/mol. The number of hydrogen-bond donors (Lipinski definition) is 0. The third-order valence-corrected chi connectivity index (χ3v) is 4.87. The summed E-state index contributed by atoms with van der Waals surface area (Å²) in [5.41, 5.74) is 0.581. The predicted molar refractivity (Wildman–Crippen MR) is 61.1 cm³/mol. The molecule has 0 amide bonds. The van der Waals surface area contributed by atoms with Crippen LogP contribution in [0, 0.1) is 0 Å². The minimum absolute atomic E-state index is 0.581. The molecule has 0 bridgehead atoms. The molecule has 0 aromatic carbocycles. The van der Waals surface area contributed by atoms with Crippen LogP contribution in [-0.2, 0) is 5.75 Å². The molecule has 2 nitrogen and oxygen atoms in total. The quantitative estimate of drug-likeness (QED) is 0.740. The molecule has 1 aromatic rings. The van der Waals surface area contributed by atoms with Crippen molar-refractivity contribution in [2.24, 2.45) is 0 Å². The van der Waals surface area contributed by atoms with Gasteiger partial charge in [-0.25, -0.2) is 4.98 Å². The Morgan fingerprint density at radius 3 is 3.00 bits per heavy atom. The van der Waals surface area contributed by atoms with E-state index in [4.69, 9.17) is 0 Å². The van der Waals surface area contributed by atoms with Crippen LogP contribution in [0.3, 0.4) is 0 Å². The molecule has 0 atom stereocenters. The lowest BCUT2D eigenvalue weighted by molar-refractivity contribution is 0.111. The predicted octanol–water partition coefficient (Wildman–Crippen LogP) is 3.13. The summed E-state index contributed by atoms with van der Waals surface area (Å²) < 4.78 is 0. The zero-order chi connectivity index (χ0) is 9.80. The van der Waals surface area contributed by atoms with Crippen molar-refractivity contribution in [3.63, 3.8) is 0 Å². The first kappa shape index (κ1) is 10.2. The van der Waals surface area contributed by atoms with Gasteiger partial charge >= 0.3 is 0 Å². The summed E-state index contributed by atoms with van der Waals surface area (Å²) in [6, 6.07) is 0. The highest BCUT2D eigenvalue weighted by Crippen LogP contribution is 2.31. The first-order chi connectivity index (χ1) is 6.88. The summed E-state index contributed by atoms with van der Waals surface area (Å²) in [6.45, 7) is 0. The first-order valence-electron chi connectivity index (χ1n) is 4.89. The van der Waals surface area contributed by atoms with E-state index in [-0.39, 0.29) is 0 Å². The number of hydrogen-bond acceptors (Lipinski definition) is 4. The van der Waals surface area contributed by atoms with Gasteiger partial charge in [0, 0.05) is 16.4 Å². The van der Waals surface area contributed by atoms with E-state index in [1.54, 1.807) is 11.3 Å². The maximum atomic E-state index is 10.4. The van der Waals surface area contributed by atoms with Crippen molar-refractivity contribution in [1.29, 1.82) is 0 Å². The Morgan fingerprint density at radius 2 is 2.36 bits per heavy atom. The third-order valence-electron chi connectivity index (χ3n) is 2.43. The molecule has 0 radical (unpaired) electrons. The van der Waals surface area contributed by atoms with Crippen molar-refractivity contribution in [3.05, 3.63) is 16.1 Å². The van der Waals surface area contributed by atoms with Crippen molar-refractivity contribution >= 4 is 29.4 Å². The van der Waals surface area contributed by atoms with Gasteiger partial charge in [-0.1, -0.05) is 12.8 Å². The Hall–Kier alpha value is -0.350. The van der Waals surface area contributed by atoms with Gasteiger partial charge in [0.25, 0.3) is 0 Å². The van der Waals surface area contributed by atoms with Crippen molar-refractivity contribution in [2.45, 2.75) is 36.7 Å². The number of aldehydes is 1. The van der Waals surface area contributed by atoms with Gasteiger partial charge in [0.2, 0.25) is 0 Å². The molecule has 1 aliphatic carbocycles. The van der Waals surface area contributed by atoms with Gasteiger partial charge in [-0.05, 0) is 12.8 Å². The van der Waals surface area contributed by atoms with E-state index < -0.39 is 0 Å². The fraction of sp³-hybridized carbons (Fsp3) is 0.600. The maximum Gasteiger partial charge on any atom is 0.169 e. The SMILES string of the molecule is O=Cc1csc(CSC2CCCC2)n1. The fourth-order valence-electron chi connectivity index (χ4n) is 1.69. The Bertz CT molecular complexity index is 305. The summed E-state index contributed by atoms with van der Waals surface area (Å²) in [4.78, 5) is 14.6. The lowest BCUT2D eigenvalue weighted by Gasteiger charge is -2.05. The molecule has 1 heterocycles. The number of carbonyl (C=O) groups is 1. The topological polar surface area (TPSA) is 30.0 Å². The first-order valence-corrected chi connectivity index (χ1v) is 6.82. The maximum absolute atomic E-state index is 10.4. The Balaban J connectivity index is 1.81. The van der Waals surface area contributed by atoms with Gasteiger partial charge in [-0.3, -0.25) is 4.79 Å². The highest BCUT2D eigenvalue weighted by molar-refractivity contribution is 7.99. The second kappa shape index (κ2) is 4.94. The Morgan fingerprint density at radius 1 is 1.57 bits per heavy atom. The lowest BCUT2D eigenvalue weighted by atomic mass is 10.4. The Labute approximate surface area is 92.1 Å². The van der Waals surface area contributed by atoms with Gasteiger partial charge in [-0.15, -0.1) is 11.3 Å². The minimum Gasteiger partial charge on any atom is -0.296 e. The molecule has 76 valence electrons. The van der Waals surface area contributed by atoms with Crippen LogP contribution in [-0.4, -0.2) is 16.5 Å². The number of thiazole rings is 1. The zero-order valence-corrected chi connectivity index (χ0v) is 9.57. The molecule has 1 aromatic heterocycles. The van der Waals surface area contributed by atoms with Crippen LogP contribution in [0.25, 0.3) is 0 Å². The van der Waals surface area contributed by atoms with E-state index in [2.05, 4.69) is 4.98 Å². The number of nitrogens with zero attached hydrogens (tertiary/aromatic N) is 1. The second-order valence-electron chi connectivity index (χ2n) is 3.50. The van der Waals surface area contributed by atoms with E-state index in [1.165, 1.54) is 25.7 Å². The highest BCUT2D eigenvalue weighted by atomic mass is 32.2. The van der Waals surface area contributed by atoms with Crippen molar-refractivity contribution in [3.8, 4) is 0 Å². The smallest absolute Gasteiger partial charge is 0.169 e. The largest absolute Gasteiger partial charge is 0.296 e. The molecule has 14 heavy (non-hydrogen) atoms. The molecular formula is C10H13NOS2. The van der Waals surface area contributed by atoms with Crippen LogP contribution in [0.1, 0.15) is 41.2 Å². The van der Waals surface area contributed by atoms with Crippen LogP contribution >= 0.6 is 23.1 Å². The summed E-state index contributed by atoms with van der Waals surface area (Å²) in [5.74, 6) is 0.975. The Kier molecular flexibility index (Phi) is 3.59. The molecule has 0 aliphatic heterocycles. The molecule has 4 heteroatoms. The molecule has 2 rings (SSSR count). The average Bonchev–Trinajstić information content (AvgIpc) is 2.86. The number of carbonyl (C=O) groups excluding carboxylic acids is 1. The molecule has 1 aliphatic rings. The van der Waals surface area contributed by atoms with Crippen molar-refractivity contribution in [2.75, 3.05) is 0 Å². The average molecular weight is 227 g/mol. The van der Waals surface area contributed by atoms with E-state index in [1.807, 2.05) is 17.1 Å². The van der Waals surface area contributed by atoms with Crippen molar-refractivity contribution < 1.29 is 4.79 Å². The molecule has 0 spiro atoms. The molecule has 1 saturated carbocycles. The van der Waals surface area contributed by atoms with Gasteiger partial charge in [0.1, 0.15) is 10.7 Å². The van der Waals surface area contributed by atoms with Crippen LogP contribution < -0.4 is 0 Å². The van der Waals surface area contributed by atoms with Gasteiger partial charge in [0.05, 0.1) is 0 Å². The van der Waals surface area contributed by atoms with Crippen LogP contribution in [0.15, 0.2) is 5.38 Å². The van der Waals surface area contributed by atoms with Crippen molar-refractivity contribution in [1.82, 2.24) is 4.98 Å². The minimum atomic E-state index is 0.581. The van der Waals surface area contributed by atoms with E-state index >= 15 is 0 Å². The molecule has 0 saturated heterocycles. The van der Waals surface area contributed by atoms with Gasteiger partial charge in [-0.2, -0.15) is 11.8 Å². The summed E-state index contributed by atoms with van der Waals surface area (Å²) in [5, 5.41) is 3.75. The summed E-state index contributed by atoms with van der Waals surface area (Å²) in [7, 11) is 0. The monoisotopic (exact) mass is 227 g/mol. The van der Waals surface area contributed by atoms with Crippen LogP contribution in [0.5, 0.6) is 0 Å². The number of rotatable bonds is 4. The van der Waals surface area contributed by atoms with E-state index in [9.17, 15) is 4.79 Å². The zero-order valence-electron chi connectivity index (χ0n) is 7.94. The van der Waals surface area contributed by atoms with Gasteiger partial charge in [0.15, 0.2) is 6.29 Å². The molecule has 1 fully saturated rings. The number of aromatic nitrogens is 1. The molecule has 0 N–H and O–H groups in total. The van der Waals surface area contributed by atoms with Gasteiger partial charge < -0.3 is 0 Å². The van der Waals surface area contributed by atoms with Crippen LogP contribution in [0.2, 0.25) is 0 Å². The second-order valence-corrected chi connectivity index (χ2v) is 5.73. The summed E-state index contributed by atoms with van der Waals surface area (Å²) >= 11 is 3.59. The summed E-state index contributed by atoms with van der Waals surface area (Å²) in [6.07, 6.45) is 6.30. The third kappa shape index (κ3) is 2.58. The van der Waals surface area contributed by atoms with Crippen LogP contribution in [0.4, 0.5) is 0 Å². The van der Waals surface area contributed by atoms with E-state index in [0.717, 1.165) is 22.3 Å².